The van der Waals surface area contributed by atoms with Gasteiger partial charge in [-0.2, -0.15) is 0 Å². The summed E-state index contributed by atoms with van der Waals surface area (Å²) < 4.78 is 18.6. The van der Waals surface area contributed by atoms with Crippen molar-refractivity contribution in [2.75, 3.05) is 6.61 Å². The van der Waals surface area contributed by atoms with Crippen molar-refractivity contribution < 1.29 is 9.13 Å². The van der Waals surface area contributed by atoms with Gasteiger partial charge in [-0.15, -0.1) is 0 Å². The van der Waals surface area contributed by atoms with Crippen molar-refractivity contribution in [1.82, 2.24) is 0 Å². The third-order valence-corrected chi connectivity index (χ3v) is 2.32. The summed E-state index contributed by atoms with van der Waals surface area (Å²) >= 11 is 1.91. The number of benzene rings is 1. The van der Waals surface area contributed by atoms with Crippen LogP contribution in [0.2, 0.25) is 0 Å². The number of halogens is 2. The SMILES string of the molecule is C=CCOc1cccc(F)c1I. The number of ether oxygens (including phenoxy) is 1. The molecule has 1 aromatic rings. The molecule has 0 atom stereocenters. The average molecular weight is 278 g/mol. The second-order valence-corrected chi connectivity index (χ2v) is 3.23. The molecule has 1 nitrogen and oxygen atoms in total. The van der Waals surface area contributed by atoms with Crippen molar-refractivity contribution in [3.05, 3.63) is 40.2 Å². The van der Waals surface area contributed by atoms with Gasteiger partial charge in [-0.25, -0.2) is 4.39 Å². The minimum absolute atomic E-state index is 0.253. The van der Waals surface area contributed by atoms with Crippen LogP contribution in [-0.4, -0.2) is 6.61 Å². The maximum Gasteiger partial charge on any atom is 0.140 e. The van der Waals surface area contributed by atoms with Gasteiger partial charge >= 0.3 is 0 Å². The zero-order valence-corrected chi connectivity index (χ0v) is 8.55. The lowest BCUT2D eigenvalue weighted by atomic mass is 10.3. The fourth-order valence-corrected chi connectivity index (χ4v) is 1.26. The first-order chi connectivity index (χ1) is 5.75. The van der Waals surface area contributed by atoms with Crippen molar-refractivity contribution in [1.29, 1.82) is 0 Å². The van der Waals surface area contributed by atoms with Crippen molar-refractivity contribution in [2.24, 2.45) is 0 Å². The molecule has 3 heteroatoms. The quantitative estimate of drug-likeness (QED) is 0.610. The van der Waals surface area contributed by atoms with Gasteiger partial charge in [0.15, 0.2) is 0 Å². The Hall–Kier alpha value is -0.580. The summed E-state index contributed by atoms with van der Waals surface area (Å²) in [5.74, 6) is 0.313. The van der Waals surface area contributed by atoms with Crippen LogP contribution in [0.1, 0.15) is 0 Å². The highest BCUT2D eigenvalue weighted by Crippen LogP contribution is 2.22. The van der Waals surface area contributed by atoms with Crippen molar-refractivity contribution in [3.8, 4) is 5.75 Å². The van der Waals surface area contributed by atoms with Crippen molar-refractivity contribution >= 4 is 22.6 Å². The summed E-state index contributed by atoms with van der Waals surface area (Å²) in [6.07, 6.45) is 1.63. The predicted molar refractivity (Wildman–Crippen MR) is 54.8 cm³/mol. The third kappa shape index (κ3) is 2.20. The Labute approximate surface area is 84.4 Å². The van der Waals surface area contributed by atoms with Crippen molar-refractivity contribution in [3.63, 3.8) is 0 Å². The van der Waals surface area contributed by atoms with Crippen LogP contribution in [0.25, 0.3) is 0 Å². The molecule has 0 N–H and O–H groups in total. The summed E-state index contributed by atoms with van der Waals surface area (Å²) in [4.78, 5) is 0. The lowest BCUT2D eigenvalue weighted by molar-refractivity contribution is 0.357. The number of hydrogen-bond donors (Lipinski definition) is 0. The Bertz CT molecular complexity index is 286. The molecular formula is C9H8FIO. The van der Waals surface area contributed by atoms with E-state index in [1.54, 1.807) is 18.2 Å². The predicted octanol–water partition coefficient (Wildman–Crippen LogP) is 3.00. The summed E-state index contributed by atoms with van der Waals surface area (Å²) in [6.45, 7) is 3.91. The average Bonchev–Trinajstić information content (AvgIpc) is 2.08. The molecule has 0 bridgehead atoms. The van der Waals surface area contributed by atoms with Crippen LogP contribution in [0.5, 0.6) is 5.75 Å². The first-order valence-electron chi connectivity index (χ1n) is 3.43. The molecule has 0 aliphatic heterocycles. The maximum atomic E-state index is 12.9. The van der Waals surface area contributed by atoms with E-state index in [9.17, 15) is 4.39 Å². The molecule has 0 aliphatic rings. The van der Waals surface area contributed by atoms with Crippen LogP contribution in [0.3, 0.4) is 0 Å². The summed E-state index contributed by atoms with van der Waals surface area (Å²) in [7, 11) is 0. The van der Waals surface area contributed by atoms with E-state index >= 15 is 0 Å². The van der Waals surface area contributed by atoms with Gasteiger partial charge in [0.1, 0.15) is 18.2 Å². The molecular weight excluding hydrogens is 270 g/mol. The van der Waals surface area contributed by atoms with Gasteiger partial charge in [-0.05, 0) is 34.7 Å². The molecule has 64 valence electrons. The third-order valence-electron chi connectivity index (χ3n) is 1.27. The Balaban J connectivity index is 2.84. The number of rotatable bonds is 3. The zero-order valence-electron chi connectivity index (χ0n) is 6.39. The molecule has 12 heavy (non-hydrogen) atoms. The van der Waals surface area contributed by atoms with E-state index in [-0.39, 0.29) is 5.82 Å². The number of hydrogen-bond acceptors (Lipinski definition) is 1. The topological polar surface area (TPSA) is 9.23 Å². The molecule has 0 aliphatic carbocycles. The summed E-state index contributed by atoms with van der Waals surface area (Å²) in [5, 5.41) is 0. The molecule has 1 rings (SSSR count). The molecule has 0 fully saturated rings. The molecule has 0 heterocycles. The molecule has 0 saturated carbocycles. The minimum atomic E-state index is -0.253. The van der Waals surface area contributed by atoms with Gasteiger partial charge in [0.2, 0.25) is 0 Å². The Morgan fingerprint density at radius 1 is 1.58 bits per heavy atom. The van der Waals surface area contributed by atoms with E-state index < -0.39 is 0 Å². The van der Waals surface area contributed by atoms with Crippen molar-refractivity contribution in [2.45, 2.75) is 0 Å². The van der Waals surface area contributed by atoms with E-state index in [0.29, 0.717) is 15.9 Å². The first-order valence-corrected chi connectivity index (χ1v) is 4.51. The standard InChI is InChI=1S/C9H8FIO/c1-2-6-12-8-5-3-4-7(10)9(8)11/h2-5H,1,6H2. The fourth-order valence-electron chi connectivity index (χ4n) is 0.744. The van der Waals surface area contributed by atoms with Crippen LogP contribution in [0.4, 0.5) is 4.39 Å². The van der Waals surface area contributed by atoms with Crippen LogP contribution in [0.15, 0.2) is 30.9 Å². The Kier molecular flexibility index (Phi) is 3.52. The highest BCUT2D eigenvalue weighted by Gasteiger charge is 2.04. The second-order valence-electron chi connectivity index (χ2n) is 2.15. The fraction of sp³-hybridized carbons (Fsp3) is 0.111. The Morgan fingerprint density at radius 3 is 3.00 bits per heavy atom. The van der Waals surface area contributed by atoms with E-state index in [4.69, 9.17) is 4.74 Å². The molecule has 0 aromatic heterocycles. The van der Waals surface area contributed by atoms with Gasteiger partial charge < -0.3 is 4.74 Å². The monoisotopic (exact) mass is 278 g/mol. The van der Waals surface area contributed by atoms with E-state index in [1.165, 1.54) is 6.07 Å². The lowest BCUT2D eigenvalue weighted by Gasteiger charge is -2.05. The van der Waals surface area contributed by atoms with Crippen LogP contribution >= 0.6 is 22.6 Å². The van der Waals surface area contributed by atoms with E-state index in [1.807, 2.05) is 22.6 Å². The van der Waals surface area contributed by atoms with Crippen LogP contribution in [0, 0.1) is 9.39 Å². The smallest absolute Gasteiger partial charge is 0.140 e. The van der Waals surface area contributed by atoms with Gasteiger partial charge in [0.05, 0.1) is 3.57 Å². The zero-order chi connectivity index (χ0) is 8.97. The maximum absolute atomic E-state index is 12.9. The summed E-state index contributed by atoms with van der Waals surface area (Å²) in [5.41, 5.74) is 0. The molecule has 0 spiro atoms. The highest BCUT2D eigenvalue weighted by molar-refractivity contribution is 14.1. The van der Waals surface area contributed by atoms with Gasteiger partial charge in [0.25, 0.3) is 0 Å². The normalized spacial score (nSPS) is 9.50. The minimum Gasteiger partial charge on any atom is -0.488 e. The lowest BCUT2D eigenvalue weighted by Crippen LogP contribution is -1.96. The van der Waals surface area contributed by atoms with Gasteiger partial charge in [-0.3, -0.25) is 0 Å². The van der Waals surface area contributed by atoms with Crippen LogP contribution in [-0.2, 0) is 0 Å². The highest BCUT2D eigenvalue weighted by atomic mass is 127. The molecule has 0 unspecified atom stereocenters. The van der Waals surface area contributed by atoms with E-state index in [0.717, 1.165) is 0 Å². The van der Waals surface area contributed by atoms with E-state index in [2.05, 4.69) is 6.58 Å². The summed E-state index contributed by atoms with van der Waals surface area (Å²) in [6, 6.07) is 4.76. The molecule has 1 aromatic carbocycles. The molecule has 0 radical (unpaired) electrons. The Morgan fingerprint density at radius 2 is 2.33 bits per heavy atom. The largest absolute Gasteiger partial charge is 0.488 e. The van der Waals surface area contributed by atoms with Gasteiger partial charge in [-0.1, -0.05) is 18.7 Å². The second kappa shape index (κ2) is 4.45. The van der Waals surface area contributed by atoms with Crippen LogP contribution < -0.4 is 4.74 Å². The first kappa shape index (κ1) is 9.51. The molecule has 0 amide bonds. The van der Waals surface area contributed by atoms with Gasteiger partial charge in [0, 0.05) is 0 Å². The molecule has 0 saturated heterocycles.